The second kappa shape index (κ2) is 7.16. The SMILES string of the molecule is COCCN(C)CCS(=O)(=O)OC(C)C. The lowest BCUT2D eigenvalue weighted by atomic mass is 10.5. The van der Waals surface area contributed by atoms with E-state index in [0.29, 0.717) is 19.7 Å². The second-order valence-electron chi connectivity index (χ2n) is 3.70. The molecular weight excluding hydrogens is 218 g/mol. The molecule has 0 aliphatic rings. The molecule has 6 heteroatoms. The van der Waals surface area contributed by atoms with Crippen LogP contribution in [-0.2, 0) is 19.0 Å². The van der Waals surface area contributed by atoms with Crippen molar-refractivity contribution in [2.75, 3.05) is 39.6 Å². The highest BCUT2D eigenvalue weighted by molar-refractivity contribution is 7.86. The summed E-state index contributed by atoms with van der Waals surface area (Å²) in [5.74, 6) is 0.0192. The van der Waals surface area contributed by atoms with Crippen molar-refractivity contribution in [3.63, 3.8) is 0 Å². The Kier molecular flexibility index (Phi) is 7.08. The van der Waals surface area contributed by atoms with Crippen LogP contribution in [-0.4, -0.2) is 59.0 Å². The van der Waals surface area contributed by atoms with Gasteiger partial charge in [0.1, 0.15) is 0 Å². The van der Waals surface area contributed by atoms with E-state index in [2.05, 4.69) is 0 Å². The second-order valence-corrected chi connectivity index (χ2v) is 5.42. The minimum absolute atomic E-state index is 0.0192. The molecule has 0 saturated heterocycles. The lowest BCUT2D eigenvalue weighted by molar-refractivity contribution is 0.163. The van der Waals surface area contributed by atoms with Gasteiger partial charge in [0, 0.05) is 20.2 Å². The maximum atomic E-state index is 11.3. The molecule has 0 radical (unpaired) electrons. The number of likely N-dealkylation sites (N-methyl/N-ethyl adjacent to an activating group) is 1. The monoisotopic (exact) mass is 239 g/mol. The van der Waals surface area contributed by atoms with Crippen molar-refractivity contribution in [3.05, 3.63) is 0 Å². The van der Waals surface area contributed by atoms with Crippen LogP contribution >= 0.6 is 0 Å². The molecular formula is C9H21NO4S. The first kappa shape index (κ1) is 14.8. The Balaban J connectivity index is 3.83. The molecule has 0 fully saturated rings. The number of hydrogen-bond donors (Lipinski definition) is 0. The van der Waals surface area contributed by atoms with Gasteiger partial charge >= 0.3 is 0 Å². The third-order valence-electron chi connectivity index (χ3n) is 1.74. The summed E-state index contributed by atoms with van der Waals surface area (Å²) < 4.78 is 32.4. The van der Waals surface area contributed by atoms with Gasteiger partial charge in [-0.05, 0) is 20.9 Å². The first-order chi connectivity index (χ1) is 6.87. The Morgan fingerprint density at radius 1 is 1.27 bits per heavy atom. The Hall–Kier alpha value is -0.170. The molecule has 0 N–H and O–H groups in total. The molecule has 0 saturated carbocycles. The van der Waals surface area contributed by atoms with Gasteiger partial charge in [0.15, 0.2) is 0 Å². The topological polar surface area (TPSA) is 55.8 Å². The molecule has 5 nitrogen and oxygen atoms in total. The zero-order chi connectivity index (χ0) is 11.9. The molecule has 0 aliphatic carbocycles. The van der Waals surface area contributed by atoms with Crippen LogP contribution in [0.15, 0.2) is 0 Å². The summed E-state index contributed by atoms with van der Waals surface area (Å²) in [6.07, 6.45) is -0.292. The Labute approximate surface area is 92.5 Å². The number of rotatable bonds is 8. The van der Waals surface area contributed by atoms with E-state index in [4.69, 9.17) is 8.92 Å². The van der Waals surface area contributed by atoms with E-state index in [1.54, 1.807) is 21.0 Å². The van der Waals surface area contributed by atoms with E-state index in [9.17, 15) is 8.42 Å². The Morgan fingerprint density at radius 3 is 2.33 bits per heavy atom. The predicted octanol–water partition coefficient (Wildman–Crippen LogP) is 0.319. The minimum Gasteiger partial charge on any atom is -0.383 e. The van der Waals surface area contributed by atoms with E-state index in [-0.39, 0.29) is 11.9 Å². The smallest absolute Gasteiger partial charge is 0.268 e. The number of methoxy groups -OCH3 is 1. The van der Waals surface area contributed by atoms with Gasteiger partial charge in [-0.3, -0.25) is 4.18 Å². The van der Waals surface area contributed by atoms with E-state index in [1.807, 2.05) is 11.9 Å². The Bertz CT molecular complexity index is 251. The van der Waals surface area contributed by atoms with Gasteiger partial charge in [-0.1, -0.05) is 0 Å². The summed E-state index contributed by atoms with van der Waals surface area (Å²) in [6, 6.07) is 0. The predicted molar refractivity (Wildman–Crippen MR) is 59.4 cm³/mol. The minimum atomic E-state index is -3.38. The van der Waals surface area contributed by atoms with Crippen molar-refractivity contribution in [1.29, 1.82) is 0 Å². The van der Waals surface area contributed by atoms with Crippen molar-refractivity contribution in [2.45, 2.75) is 20.0 Å². The van der Waals surface area contributed by atoms with Crippen LogP contribution in [0.5, 0.6) is 0 Å². The zero-order valence-electron chi connectivity index (χ0n) is 9.89. The van der Waals surface area contributed by atoms with Crippen LogP contribution in [0.3, 0.4) is 0 Å². The molecule has 0 spiro atoms. The van der Waals surface area contributed by atoms with Crippen molar-refractivity contribution < 1.29 is 17.3 Å². The van der Waals surface area contributed by atoms with Gasteiger partial charge in [0.2, 0.25) is 0 Å². The summed E-state index contributed by atoms with van der Waals surface area (Å²) in [6.45, 7) is 5.17. The molecule has 0 heterocycles. The fourth-order valence-corrected chi connectivity index (χ4v) is 2.19. The summed E-state index contributed by atoms with van der Waals surface area (Å²) in [4.78, 5) is 1.89. The normalized spacial score (nSPS) is 12.7. The lowest BCUT2D eigenvalue weighted by Crippen LogP contribution is -2.30. The summed E-state index contributed by atoms with van der Waals surface area (Å²) in [7, 11) is 0.0852. The highest BCUT2D eigenvalue weighted by atomic mass is 32.2. The van der Waals surface area contributed by atoms with E-state index < -0.39 is 10.1 Å². The molecule has 0 amide bonds. The van der Waals surface area contributed by atoms with Crippen LogP contribution in [0, 0.1) is 0 Å². The van der Waals surface area contributed by atoms with Crippen molar-refractivity contribution >= 4 is 10.1 Å². The zero-order valence-corrected chi connectivity index (χ0v) is 10.7. The average molecular weight is 239 g/mol. The van der Waals surface area contributed by atoms with Crippen LogP contribution in [0.25, 0.3) is 0 Å². The Morgan fingerprint density at radius 2 is 1.87 bits per heavy atom. The van der Waals surface area contributed by atoms with Crippen LogP contribution in [0.4, 0.5) is 0 Å². The molecule has 0 aromatic heterocycles. The van der Waals surface area contributed by atoms with Crippen LogP contribution in [0.2, 0.25) is 0 Å². The summed E-state index contributed by atoms with van der Waals surface area (Å²) in [5.41, 5.74) is 0. The first-order valence-electron chi connectivity index (χ1n) is 4.96. The van der Waals surface area contributed by atoms with E-state index in [1.165, 1.54) is 0 Å². The molecule has 15 heavy (non-hydrogen) atoms. The quantitative estimate of drug-likeness (QED) is 0.571. The van der Waals surface area contributed by atoms with Crippen molar-refractivity contribution in [1.82, 2.24) is 4.90 Å². The number of nitrogens with zero attached hydrogens (tertiary/aromatic N) is 1. The lowest BCUT2D eigenvalue weighted by Gasteiger charge is -2.16. The third-order valence-corrected chi connectivity index (χ3v) is 3.10. The standard InChI is InChI=1S/C9H21NO4S/c1-9(2)14-15(11,12)8-6-10(3)5-7-13-4/h9H,5-8H2,1-4H3. The summed E-state index contributed by atoms with van der Waals surface area (Å²) >= 11 is 0. The van der Waals surface area contributed by atoms with Crippen molar-refractivity contribution in [3.8, 4) is 0 Å². The van der Waals surface area contributed by atoms with Gasteiger partial charge < -0.3 is 9.64 Å². The molecule has 0 unspecified atom stereocenters. The van der Waals surface area contributed by atoms with Gasteiger partial charge in [-0.2, -0.15) is 8.42 Å². The number of ether oxygens (including phenoxy) is 1. The van der Waals surface area contributed by atoms with Gasteiger partial charge in [0.05, 0.1) is 18.5 Å². The van der Waals surface area contributed by atoms with Gasteiger partial charge in [-0.25, -0.2) is 0 Å². The molecule has 92 valence electrons. The van der Waals surface area contributed by atoms with Gasteiger partial charge in [-0.15, -0.1) is 0 Å². The van der Waals surface area contributed by atoms with Crippen molar-refractivity contribution in [2.24, 2.45) is 0 Å². The molecule has 0 rings (SSSR count). The highest BCUT2D eigenvalue weighted by Gasteiger charge is 2.14. The highest BCUT2D eigenvalue weighted by Crippen LogP contribution is 1.99. The van der Waals surface area contributed by atoms with Crippen LogP contribution in [0.1, 0.15) is 13.8 Å². The molecule has 0 atom stereocenters. The fraction of sp³-hybridized carbons (Fsp3) is 1.00. The molecule has 0 aromatic carbocycles. The molecule has 0 aliphatic heterocycles. The fourth-order valence-electron chi connectivity index (χ4n) is 0.968. The van der Waals surface area contributed by atoms with E-state index >= 15 is 0 Å². The van der Waals surface area contributed by atoms with Crippen LogP contribution < -0.4 is 0 Å². The van der Waals surface area contributed by atoms with E-state index in [0.717, 1.165) is 0 Å². The maximum absolute atomic E-state index is 11.3. The summed E-state index contributed by atoms with van der Waals surface area (Å²) in [5, 5.41) is 0. The molecule has 0 bridgehead atoms. The maximum Gasteiger partial charge on any atom is 0.268 e. The average Bonchev–Trinajstić information content (AvgIpc) is 2.09. The van der Waals surface area contributed by atoms with Gasteiger partial charge in [0.25, 0.3) is 10.1 Å². The molecule has 0 aromatic rings. The third kappa shape index (κ3) is 8.80. The number of hydrogen-bond acceptors (Lipinski definition) is 5. The first-order valence-corrected chi connectivity index (χ1v) is 6.53. The largest absolute Gasteiger partial charge is 0.383 e.